The van der Waals surface area contributed by atoms with Crippen LogP contribution in [0.5, 0.6) is 0 Å². The molecule has 7 heteroatoms. The van der Waals surface area contributed by atoms with Crippen LogP contribution in [0.1, 0.15) is 43.1 Å². The molecule has 7 nitrogen and oxygen atoms in total. The molecule has 2 aromatic rings. The van der Waals surface area contributed by atoms with Gasteiger partial charge in [0.2, 0.25) is 0 Å². The van der Waals surface area contributed by atoms with Gasteiger partial charge >= 0.3 is 5.97 Å². The molecule has 1 fully saturated rings. The summed E-state index contributed by atoms with van der Waals surface area (Å²) in [7, 11) is 0. The molecule has 1 unspecified atom stereocenters. The van der Waals surface area contributed by atoms with Crippen molar-refractivity contribution in [1.29, 1.82) is 0 Å². The van der Waals surface area contributed by atoms with Crippen LogP contribution in [0, 0.1) is 5.92 Å². The maximum atomic E-state index is 13.0. The van der Waals surface area contributed by atoms with E-state index in [0.717, 1.165) is 19.3 Å². The number of nitrogens with zero attached hydrogens (tertiary/aromatic N) is 3. The Morgan fingerprint density at radius 2 is 1.96 bits per heavy atom. The molecule has 1 saturated heterocycles. The maximum Gasteiger partial charge on any atom is 0.308 e. The van der Waals surface area contributed by atoms with Crippen molar-refractivity contribution < 1.29 is 14.7 Å². The molecular weight excluding hydrogens is 334 g/mol. The van der Waals surface area contributed by atoms with Gasteiger partial charge < -0.3 is 10.0 Å². The van der Waals surface area contributed by atoms with Crippen molar-refractivity contribution in [3.05, 3.63) is 40.3 Å². The number of carbonyl (C=O) groups is 2. The Hall–Kier alpha value is -2.70. The quantitative estimate of drug-likeness (QED) is 0.800. The monoisotopic (exact) mass is 357 g/mol. The fourth-order valence-electron chi connectivity index (χ4n) is 3.35. The predicted molar refractivity (Wildman–Crippen MR) is 97.2 cm³/mol. The van der Waals surface area contributed by atoms with Crippen molar-refractivity contribution >= 4 is 22.6 Å². The lowest BCUT2D eigenvalue weighted by Gasteiger charge is -2.17. The van der Waals surface area contributed by atoms with Crippen LogP contribution < -0.4 is 5.56 Å². The lowest BCUT2D eigenvalue weighted by molar-refractivity contribution is -0.141. The largest absolute Gasteiger partial charge is 0.481 e. The van der Waals surface area contributed by atoms with E-state index in [4.69, 9.17) is 5.11 Å². The van der Waals surface area contributed by atoms with Gasteiger partial charge in [0.15, 0.2) is 5.69 Å². The molecule has 138 valence electrons. The summed E-state index contributed by atoms with van der Waals surface area (Å²) in [5.41, 5.74) is 0.0285. The van der Waals surface area contributed by atoms with Gasteiger partial charge in [0.1, 0.15) is 0 Å². The molecule has 0 spiro atoms. The minimum atomic E-state index is -0.886. The van der Waals surface area contributed by atoms with Crippen LogP contribution in [0.4, 0.5) is 0 Å². The van der Waals surface area contributed by atoms with Gasteiger partial charge in [-0.15, -0.1) is 0 Å². The summed E-state index contributed by atoms with van der Waals surface area (Å²) in [5, 5.41) is 14.5. The number of carboxylic acids is 1. The normalized spacial score (nSPS) is 17.0. The Morgan fingerprint density at radius 3 is 2.62 bits per heavy atom. The first-order valence-electron chi connectivity index (χ1n) is 9.05. The first kappa shape index (κ1) is 18.1. The van der Waals surface area contributed by atoms with E-state index < -0.39 is 11.9 Å². The van der Waals surface area contributed by atoms with Crippen molar-refractivity contribution in [2.75, 3.05) is 13.1 Å². The van der Waals surface area contributed by atoms with E-state index >= 15 is 0 Å². The van der Waals surface area contributed by atoms with Crippen LogP contribution in [0.3, 0.4) is 0 Å². The van der Waals surface area contributed by atoms with Crippen molar-refractivity contribution in [2.24, 2.45) is 5.92 Å². The number of carbonyl (C=O) groups excluding carboxylic acids is 1. The van der Waals surface area contributed by atoms with Gasteiger partial charge in [0, 0.05) is 25.0 Å². The van der Waals surface area contributed by atoms with E-state index in [1.807, 2.05) is 0 Å². The van der Waals surface area contributed by atoms with Crippen LogP contribution in [0.25, 0.3) is 10.8 Å². The first-order chi connectivity index (χ1) is 12.5. The van der Waals surface area contributed by atoms with Gasteiger partial charge in [-0.05, 0) is 18.9 Å². The Kier molecular flexibility index (Phi) is 5.35. The topological polar surface area (TPSA) is 92.5 Å². The number of amides is 1. The molecule has 1 aromatic heterocycles. The summed E-state index contributed by atoms with van der Waals surface area (Å²) in [6.45, 7) is 3.12. The van der Waals surface area contributed by atoms with Crippen molar-refractivity contribution in [3.8, 4) is 0 Å². The van der Waals surface area contributed by atoms with E-state index in [-0.39, 0.29) is 23.7 Å². The van der Waals surface area contributed by atoms with E-state index in [2.05, 4.69) is 12.0 Å². The number of fused-ring (bicyclic) bond motifs is 1. The Balaban J connectivity index is 1.98. The molecule has 1 amide bonds. The molecule has 0 aliphatic carbocycles. The summed E-state index contributed by atoms with van der Waals surface area (Å²) in [6.07, 6.45) is 3.27. The van der Waals surface area contributed by atoms with Gasteiger partial charge in [0.25, 0.3) is 11.5 Å². The second-order valence-corrected chi connectivity index (χ2v) is 6.70. The zero-order chi connectivity index (χ0) is 18.7. The number of unbranched alkanes of at least 4 members (excludes halogenated alkanes) is 2. The minimum absolute atomic E-state index is 0.180. The number of benzene rings is 1. The number of carboxylic acid groups (broad SMARTS) is 1. The lowest BCUT2D eigenvalue weighted by Crippen LogP contribution is -2.34. The fourth-order valence-corrected chi connectivity index (χ4v) is 3.35. The molecule has 0 saturated carbocycles. The average molecular weight is 357 g/mol. The molecule has 2 heterocycles. The fraction of sp³-hybridized carbons (Fsp3) is 0.474. The van der Waals surface area contributed by atoms with Crippen LogP contribution in [-0.2, 0) is 11.3 Å². The standard InChI is InChI=1S/C19H23N3O4/c1-2-3-6-10-22-17(23)15-8-5-4-7-14(15)16(20-22)18(24)21-11-9-13(12-21)19(25)26/h4-5,7-8,13H,2-3,6,9-12H2,1H3,(H,25,26). The lowest BCUT2D eigenvalue weighted by atomic mass is 10.1. The highest BCUT2D eigenvalue weighted by atomic mass is 16.4. The molecule has 0 bridgehead atoms. The second-order valence-electron chi connectivity index (χ2n) is 6.70. The molecule has 1 aliphatic rings. The summed E-state index contributed by atoms with van der Waals surface area (Å²) < 4.78 is 1.37. The SMILES string of the molecule is CCCCCn1nc(C(=O)N2CCC(C(=O)O)C2)c2ccccc2c1=O. The molecule has 1 aromatic carbocycles. The zero-order valence-electron chi connectivity index (χ0n) is 14.9. The predicted octanol–water partition coefficient (Wildman–Crippen LogP) is 2.13. The maximum absolute atomic E-state index is 13.0. The van der Waals surface area contributed by atoms with Gasteiger partial charge in [-0.3, -0.25) is 14.4 Å². The van der Waals surface area contributed by atoms with E-state index in [9.17, 15) is 14.4 Å². The van der Waals surface area contributed by atoms with Crippen molar-refractivity contribution in [1.82, 2.24) is 14.7 Å². The summed E-state index contributed by atoms with van der Waals surface area (Å²) in [5.74, 6) is -1.74. The average Bonchev–Trinajstić information content (AvgIpc) is 3.14. The third-order valence-electron chi connectivity index (χ3n) is 4.87. The van der Waals surface area contributed by atoms with E-state index in [1.165, 1.54) is 9.58 Å². The van der Waals surface area contributed by atoms with Gasteiger partial charge in [-0.25, -0.2) is 4.68 Å². The second kappa shape index (κ2) is 7.68. The van der Waals surface area contributed by atoms with Gasteiger partial charge in [-0.1, -0.05) is 38.0 Å². The van der Waals surface area contributed by atoms with Crippen LogP contribution in [-0.4, -0.2) is 44.8 Å². The molecule has 1 aliphatic heterocycles. The summed E-state index contributed by atoms with van der Waals surface area (Å²) in [4.78, 5) is 38.3. The van der Waals surface area contributed by atoms with Gasteiger partial charge in [-0.2, -0.15) is 5.10 Å². The molecular formula is C19H23N3O4. The molecule has 1 N–H and O–H groups in total. The third kappa shape index (κ3) is 3.47. The molecule has 1 atom stereocenters. The summed E-state index contributed by atoms with van der Waals surface area (Å²) in [6, 6.07) is 6.96. The third-order valence-corrected chi connectivity index (χ3v) is 4.87. The van der Waals surface area contributed by atoms with E-state index in [1.54, 1.807) is 24.3 Å². The number of hydrogen-bond acceptors (Lipinski definition) is 4. The Morgan fingerprint density at radius 1 is 1.23 bits per heavy atom. The molecule has 3 rings (SSSR count). The highest BCUT2D eigenvalue weighted by molar-refractivity contribution is 6.05. The number of aliphatic carboxylic acids is 1. The number of rotatable bonds is 6. The van der Waals surface area contributed by atoms with Crippen LogP contribution in [0.15, 0.2) is 29.1 Å². The van der Waals surface area contributed by atoms with Crippen molar-refractivity contribution in [2.45, 2.75) is 39.2 Å². The minimum Gasteiger partial charge on any atom is -0.481 e. The molecule has 0 radical (unpaired) electrons. The van der Waals surface area contributed by atoms with Crippen LogP contribution in [0.2, 0.25) is 0 Å². The Bertz CT molecular complexity index is 890. The highest BCUT2D eigenvalue weighted by Gasteiger charge is 2.32. The molecule has 26 heavy (non-hydrogen) atoms. The first-order valence-corrected chi connectivity index (χ1v) is 9.05. The highest BCUT2D eigenvalue weighted by Crippen LogP contribution is 2.21. The van der Waals surface area contributed by atoms with E-state index in [0.29, 0.717) is 30.3 Å². The number of hydrogen-bond donors (Lipinski definition) is 1. The number of aromatic nitrogens is 2. The smallest absolute Gasteiger partial charge is 0.308 e. The van der Waals surface area contributed by atoms with Gasteiger partial charge in [0.05, 0.1) is 11.3 Å². The zero-order valence-corrected chi connectivity index (χ0v) is 14.9. The van der Waals surface area contributed by atoms with Crippen LogP contribution >= 0.6 is 0 Å². The Labute approximate surface area is 151 Å². The van der Waals surface area contributed by atoms with Crippen molar-refractivity contribution in [3.63, 3.8) is 0 Å². The number of aryl methyl sites for hydroxylation is 1. The summed E-state index contributed by atoms with van der Waals surface area (Å²) >= 11 is 0. The number of likely N-dealkylation sites (tertiary alicyclic amines) is 1.